The molecule has 24 heavy (non-hydrogen) atoms. The van der Waals surface area contributed by atoms with Gasteiger partial charge in [-0.1, -0.05) is 19.3 Å². The van der Waals surface area contributed by atoms with E-state index in [0.29, 0.717) is 19.5 Å². The summed E-state index contributed by atoms with van der Waals surface area (Å²) in [4.78, 5) is 6.37. The molecule has 1 aromatic heterocycles. The predicted molar refractivity (Wildman–Crippen MR) is 89.3 cm³/mol. The van der Waals surface area contributed by atoms with Crippen LogP contribution in [0.15, 0.2) is 17.6 Å². The summed E-state index contributed by atoms with van der Waals surface area (Å²) in [5, 5.41) is -0.256. The average molecular weight is 377 g/mol. The molecule has 2 heterocycles. The van der Waals surface area contributed by atoms with Gasteiger partial charge in [-0.05, 0) is 19.3 Å². The lowest BCUT2D eigenvalue weighted by Gasteiger charge is -2.28. The number of nitrogens with zero attached hydrogens (tertiary/aromatic N) is 3. The van der Waals surface area contributed by atoms with Gasteiger partial charge in [-0.15, -0.1) is 0 Å². The molecule has 1 saturated heterocycles. The highest BCUT2D eigenvalue weighted by Gasteiger charge is 2.36. The van der Waals surface area contributed by atoms with Crippen LogP contribution in [0.2, 0.25) is 0 Å². The summed E-state index contributed by atoms with van der Waals surface area (Å²) in [6.07, 6.45) is 7.54. The van der Waals surface area contributed by atoms with Gasteiger partial charge in [-0.25, -0.2) is 26.1 Å². The second-order valence-electron chi connectivity index (χ2n) is 6.38. The zero-order valence-corrected chi connectivity index (χ0v) is 15.2. The molecule has 0 atom stereocenters. The van der Waals surface area contributed by atoms with E-state index >= 15 is 0 Å². The summed E-state index contributed by atoms with van der Waals surface area (Å²) >= 11 is 0. The fraction of sp³-hybridized carbons (Fsp3) is 0.786. The van der Waals surface area contributed by atoms with Crippen molar-refractivity contribution in [3.05, 3.63) is 12.5 Å². The first-order chi connectivity index (χ1) is 11.4. The first kappa shape index (κ1) is 17.8. The molecule has 0 aromatic carbocycles. The number of aromatic amines is 1. The van der Waals surface area contributed by atoms with Crippen LogP contribution in [-0.4, -0.2) is 66.8 Å². The van der Waals surface area contributed by atoms with Gasteiger partial charge in [0.15, 0.2) is 5.03 Å². The first-order valence-corrected chi connectivity index (χ1v) is 11.3. The maximum atomic E-state index is 12.8. The summed E-state index contributed by atoms with van der Waals surface area (Å²) in [5.41, 5.74) is 0. The molecule has 136 valence electrons. The molecule has 2 fully saturated rings. The van der Waals surface area contributed by atoms with Crippen molar-refractivity contribution >= 4 is 20.0 Å². The molecule has 2 aliphatic rings. The number of H-pyrrole nitrogens is 1. The third kappa shape index (κ3) is 3.51. The van der Waals surface area contributed by atoms with Crippen molar-refractivity contribution in [1.29, 1.82) is 0 Å². The SMILES string of the molecule is O=S(=O)(c1cnc[nH]1)N1CCCN(S(=O)(=O)C2CCCCC2)CC1. The molecular weight excluding hydrogens is 352 g/mol. The number of hydrogen-bond acceptors (Lipinski definition) is 5. The molecule has 0 amide bonds. The molecule has 8 nitrogen and oxygen atoms in total. The lowest BCUT2D eigenvalue weighted by atomic mass is 10.0. The van der Waals surface area contributed by atoms with Crippen LogP contribution in [-0.2, 0) is 20.0 Å². The van der Waals surface area contributed by atoms with Crippen molar-refractivity contribution < 1.29 is 16.8 Å². The standard InChI is InChI=1S/C14H24N4O4S2/c19-23(20,13-5-2-1-3-6-13)17-7-4-8-18(10-9-17)24(21,22)14-11-15-12-16-14/h11-13H,1-10H2,(H,15,16). The van der Waals surface area contributed by atoms with E-state index in [1.165, 1.54) is 21.1 Å². The zero-order valence-electron chi connectivity index (χ0n) is 13.6. The van der Waals surface area contributed by atoms with Gasteiger partial charge < -0.3 is 4.98 Å². The Morgan fingerprint density at radius 1 is 0.917 bits per heavy atom. The van der Waals surface area contributed by atoms with Crippen LogP contribution in [0, 0.1) is 0 Å². The maximum Gasteiger partial charge on any atom is 0.260 e. The number of hydrogen-bond donors (Lipinski definition) is 1. The van der Waals surface area contributed by atoms with Gasteiger partial charge in [0.25, 0.3) is 10.0 Å². The van der Waals surface area contributed by atoms with Crippen LogP contribution in [0.5, 0.6) is 0 Å². The Morgan fingerprint density at radius 3 is 2.25 bits per heavy atom. The van der Waals surface area contributed by atoms with Crippen LogP contribution >= 0.6 is 0 Å². The van der Waals surface area contributed by atoms with Crippen LogP contribution in [0.25, 0.3) is 0 Å². The molecule has 0 unspecified atom stereocenters. The quantitative estimate of drug-likeness (QED) is 0.836. The molecule has 0 radical (unpaired) electrons. The van der Waals surface area contributed by atoms with E-state index in [1.807, 2.05) is 0 Å². The number of imidazole rings is 1. The monoisotopic (exact) mass is 376 g/mol. The Hall–Kier alpha value is -0.970. The number of sulfonamides is 2. The van der Waals surface area contributed by atoms with Crippen LogP contribution in [0.3, 0.4) is 0 Å². The number of nitrogens with one attached hydrogen (secondary N) is 1. The second kappa shape index (κ2) is 7.11. The van der Waals surface area contributed by atoms with Crippen LogP contribution in [0.4, 0.5) is 0 Å². The van der Waals surface area contributed by atoms with Crippen molar-refractivity contribution in [3.63, 3.8) is 0 Å². The minimum Gasteiger partial charge on any atom is -0.335 e. The fourth-order valence-electron chi connectivity index (χ4n) is 3.46. The maximum absolute atomic E-state index is 12.8. The normalized spacial score (nSPS) is 23.2. The molecule has 1 saturated carbocycles. The molecular formula is C14H24N4O4S2. The minimum absolute atomic E-state index is 0.0473. The molecule has 3 rings (SSSR count). The van der Waals surface area contributed by atoms with Crippen molar-refractivity contribution in [2.24, 2.45) is 0 Å². The van der Waals surface area contributed by atoms with Gasteiger partial charge in [0.2, 0.25) is 10.0 Å². The van der Waals surface area contributed by atoms with E-state index in [1.54, 1.807) is 0 Å². The highest BCUT2D eigenvalue weighted by atomic mass is 32.2. The summed E-state index contributed by atoms with van der Waals surface area (Å²) in [6.45, 7) is 1.09. The predicted octanol–water partition coefficient (Wildman–Crippen LogP) is 0.769. The van der Waals surface area contributed by atoms with Gasteiger partial charge >= 0.3 is 0 Å². The van der Waals surface area contributed by atoms with Crippen LogP contribution in [0.1, 0.15) is 38.5 Å². The molecule has 0 spiro atoms. The fourth-order valence-corrected chi connectivity index (χ4v) is 6.90. The molecule has 1 aliphatic carbocycles. The van der Waals surface area contributed by atoms with Gasteiger partial charge in [0.1, 0.15) is 0 Å². The van der Waals surface area contributed by atoms with E-state index in [0.717, 1.165) is 32.1 Å². The lowest BCUT2D eigenvalue weighted by molar-refractivity contribution is 0.387. The Labute approximate surface area is 143 Å². The van der Waals surface area contributed by atoms with Gasteiger partial charge in [0.05, 0.1) is 17.8 Å². The van der Waals surface area contributed by atoms with Crippen molar-refractivity contribution in [1.82, 2.24) is 18.6 Å². The van der Waals surface area contributed by atoms with Crippen LogP contribution < -0.4 is 0 Å². The lowest BCUT2D eigenvalue weighted by Crippen LogP contribution is -2.42. The largest absolute Gasteiger partial charge is 0.335 e. The van der Waals surface area contributed by atoms with Gasteiger partial charge in [-0.2, -0.15) is 4.31 Å². The summed E-state index contributed by atoms with van der Waals surface area (Å²) in [6, 6.07) is 0. The highest BCUT2D eigenvalue weighted by Crippen LogP contribution is 2.27. The summed E-state index contributed by atoms with van der Waals surface area (Å²) in [5.74, 6) is 0. The van der Waals surface area contributed by atoms with E-state index in [4.69, 9.17) is 0 Å². The third-order valence-corrected chi connectivity index (χ3v) is 9.06. The van der Waals surface area contributed by atoms with E-state index < -0.39 is 20.0 Å². The van der Waals surface area contributed by atoms with E-state index in [-0.39, 0.29) is 23.4 Å². The van der Waals surface area contributed by atoms with E-state index in [9.17, 15) is 16.8 Å². The molecule has 1 N–H and O–H groups in total. The third-order valence-electron chi connectivity index (χ3n) is 4.84. The molecule has 1 aromatic rings. The Balaban J connectivity index is 1.71. The van der Waals surface area contributed by atoms with Crippen molar-refractivity contribution in [2.75, 3.05) is 26.2 Å². The zero-order chi connectivity index (χ0) is 17.2. The van der Waals surface area contributed by atoms with Crippen molar-refractivity contribution in [3.8, 4) is 0 Å². The van der Waals surface area contributed by atoms with Crippen molar-refractivity contribution in [2.45, 2.75) is 48.8 Å². The topological polar surface area (TPSA) is 103 Å². The van der Waals surface area contributed by atoms with E-state index in [2.05, 4.69) is 9.97 Å². The minimum atomic E-state index is -3.64. The molecule has 10 heteroatoms. The Kier molecular flexibility index (Phi) is 5.28. The second-order valence-corrected chi connectivity index (χ2v) is 10.5. The van der Waals surface area contributed by atoms with Gasteiger partial charge in [0, 0.05) is 26.2 Å². The Bertz CT molecular complexity index is 740. The average Bonchev–Trinajstić information content (AvgIpc) is 3.00. The summed E-state index contributed by atoms with van der Waals surface area (Å²) in [7, 11) is -6.98. The molecule has 1 aliphatic heterocycles. The highest BCUT2D eigenvalue weighted by molar-refractivity contribution is 7.89. The smallest absolute Gasteiger partial charge is 0.260 e. The van der Waals surface area contributed by atoms with Gasteiger partial charge in [-0.3, -0.25) is 0 Å². The first-order valence-electron chi connectivity index (χ1n) is 8.40. The summed E-state index contributed by atoms with van der Waals surface area (Å²) < 4.78 is 53.6. The Morgan fingerprint density at radius 2 is 1.58 bits per heavy atom. The molecule has 0 bridgehead atoms. The number of rotatable bonds is 4. The number of aromatic nitrogens is 2.